The van der Waals surface area contributed by atoms with E-state index >= 15 is 0 Å². The van der Waals surface area contributed by atoms with E-state index in [0.717, 1.165) is 63.0 Å². The van der Waals surface area contributed by atoms with Crippen molar-refractivity contribution < 1.29 is 29.9 Å². The Labute approximate surface area is 308 Å². The van der Waals surface area contributed by atoms with Crippen molar-refractivity contribution in [3.8, 4) is 40.0 Å². The molecule has 0 amide bonds. The van der Waals surface area contributed by atoms with Gasteiger partial charge >= 0.3 is 20.4 Å². The van der Waals surface area contributed by atoms with Gasteiger partial charge in [-0.3, -0.25) is 0 Å². The first kappa shape index (κ1) is 35.1. The van der Waals surface area contributed by atoms with Crippen LogP contribution in [0, 0.1) is 32.9 Å². The second-order valence-electron chi connectivity index (χ2n) is 13.8. The SMILES string of the molecule is CCCc1ccnc(-n2c3[c-]c(Oc4[c-]c(-n5nc(C)c(-c6cc(C)c(C(C)(C)C)c(C)c6)c5OC)ccc4)ccc3c3ccccc32)c1.[Pd+2]. The van der Waals surface area contributed by atoms with Crippen LogP contribution >= 0.6 is 0 Å². The zero-order valence-electron chi connectivity index (χ0n) is 29.9. The van der Waals surface area contributed by atoms with Gasteiger partial charge in [-0.2, -0.15) is 17.2 Å². The number of aryl methyl sites for hydroxylation is 4. The standard InChI is InChI=1S/C43H42N4O2.Pd/c1-9-13-30-20-21-44-39(24-30)46-37-17-11-10-16-35(37)36-19-18-34(26-38(36)46)49-33-15-12-14-32(25-33)47-42(48-8)40(29(4)45-47)31-22-27(2)41(28(3)23-31)43(5,6)7;/h10-12,14-24H,9,13H2,1-8H3;/q-2;+2. The minimum Gasteiger partial charge on any atom is -0.509 e. The van der Waals surface area contributed by atoms with Gasteiger partial charge < -0.3 is 14.0 Å². The van der Waals surface area contributed by atoms with E-state index in [1.54, 1.807) is 11.8 Å². The number of hydrogen-bond donors (Lipinski definition) is 0. The summed E-state index contributed by atoms with van der Waals surface area (Å²) >= 11 is 0. The number of ether oxygens (including phenoxy) is 2. The summed E-state index contributed by atoms with van der Waals surface area (Å²) in [5.74, 6) is 2.67. The smallest absolute Gasteiger partial charge is 0.509 e. The van der Waals surface area contributed by atoms with Gasteiger partial charge in [0, 0.05) is 23.2 Å². The van der Waals surface area contributed by atoms with Crippen LogP contribution in [-0.2, 0) is 32.3 Å². The predicted octanol–water partition coefficient (Wildman–Crippen LogP) is 10.6. The van der Waals surface area contributed by atoms with Gasteiger partial charge in [-0.05, 0) is 89.7 Å². The van der Waals surface area contributed by atoms with Crippen LogP contribution < -0.4 is 9.47 Å². The number of hydrogen-bond acceptors (Lipinski definition) is 4. The van der Waals surface area contributed by atoms with Crippen molar-refractivity contribution in [2.24, 2.45) is 0 Å². The molecule has 0 unspecified atom stereocenters. The van der Waals surface area contributed by atoms with E-state index in [4.69, 9.17) is 19.6 Å². The molecule has 0 aliphatic carbocycles. The molecule has 256 valence electrons. The Morgan fingerprint density at radius 3 is 2.28 bits per heavy atom. The average molecular weight is 753 g/mol. The van der Waals surface area contributed by atoms with Gasteiger partial charge in [-0.15, -0.1) is 35.7 Å². The molecule has 6 nitrogen and oxygen atoms in total. The topological polar surface area (TPSA) is 54.1 Å². The Balaban J connectivity index is 0.00000432. The van der Waals surface area contributed by atoms with Crippen LogP contribution in [0.4, 0.5) is 0 Å². The van der Waals surface area contributed by atoms with Crippen LogP contribution in [0.5, 0.6) is 17.4 Å². The van der Waals surface area contributed by atoms with Crippen molar-refractivity contribution in [3.63, 3.8) is 0 Å². The van der Waals surface area contributed by atoms with Crippen molar-refractivity contribution >= 4 is 21.8 Å². The molecule has 7 heteroatoms. The van der Waals surface area contributed by atoms with Crippen molar-refractivity contribution in [3.05, 3.63) is 125 Å². The molecular formula is C43H42N4O2Pd. The van der Waals surface area contributed by atoms with Crippen LogP contribution in [0.2, 0.25) is 0 Å². The molecular weight excluding hydrogens is 711 g/mol. The molecule has 0 fully saturated rings. The average Bonchev–Trinajstić information content (AvgIpc) is 3.58. The van der Waals surface area contributed by atoms with Crippen molar-refractivity contribution in [1.82, 2.24) is 19.3 Å². The normalized spacial score (nSPS) is 11.6. The van der Waals surface area contributed by atoms with Crippen molar-refractivity contribution in [2.45, 2.75) is 66.7 Å². The number of methoxy groups -OCH3 is 1. The van der Waals surface area contributed by atoms with Gasteiger partial charge in [0.1, 0.15) is 5.82 Å². The number of para-hydroxylation sites is 1. The van der Waals surface area contributed by atoms with Crippen molar-refractivity contribution in [2.75, 3.05) is 7.11 Å². The molecule has 7 aromatic rings. The number of pyridine rings is 1. The first-order valence-corrected chi connectivity index (χ1v) is 16.9. The van der Waals surface area contributed by atoms with E-state index in [1.807, 2.05) is 37.4 Å². The summed E-state index contributed by atoms with van der Waals surface area (Å²) in [4.78, 5) is 4.77. The summed E-state index contributed by atoms with van der Waals surface area (Å²) in [5.41, 5.74) is 10.8. The summed E-state index contributed by atoms with van der Waals surface area (Å²) < 4.78 is 16.4. The first-order valence-electron chi connectivity index (χ1n) is 16.9. The summed E-state index contributed by atoms with van der Waals surface area (Å²) in [6.07, 6.45) is 3.97. The fourth-order valence-corrected chi connectivity index (χ4v) is 7.42. The van der Waals surface area contributed by atoms with Gasteiger partial charge in [0.15, 0.2) is 0 Å². The zero-order chi connectivity index (χ0) is 34.4. The number of nitrogens with zero attached hydrogens (tertiary/aromatic N) is 4. The largest absolute Gasteiger partial charge is 2.00 e. The molecule has 3 heterocycles. The summed E-state index contributed by atoms with van der Waals surface area (Å²) in [6, 6.07) is 34.0. The maximum Gasteiger partial charge on any atom is 2.00 e. The maximum absolute atomic E-state index is 6.44. The Hall–Kier alpha value is -4.70. The fourth-order valence-electron chi connectivity index (χ4n) is 7.42. The van der Waals surface area contributed by atoms with E-state index in [2.05, 4.69) is 113 Å². The van der Waals surface area contributed by atoms with E-state index in [9.17, 15) is 0 Å². The van der Waals surface area contributed by atoms with Crippen LogP contribution in [0.25, 0.3) is 44.4 Å². The zero-order valence-corrected chi connectivity index (χ0v) is 31.5. The molecule has 0 atom stereocenters. The van der Waals surface area contributed by atoms with Gasteiger partial charge in [0.2, 0.25) is 5.88 Å². The molecule has 0 aliphatic heterocycles. The van der Waals surface area contributed by atoms with Gasteiger partial charge in [0.25, 0.3) is 0 Å². The third-order valence-corrected chi connectivity index (χ3v) is 9.12. The number of fused-ring (bicyclic) bond motifs is 3. The second kappa shape index (κ2) is 13.9. The molecule has 0 saturated carbocycles. The molecule has 0 N–H and O–H groups in total. The molecule has 3 aromatic heterocycles. The van der Waals surface area contributed by atoms with Crippen LogP contribution in [0.1, 0.15) is 62.1 Å². The monoisotopic (exact) mass is 752 g/mol. The van der Waals surface area contributed by atoms with E-state index in [0.29, 0.717) is 17.4 Å². The second-order valence-corrected chi connectivity index (χ2v) is 13.8. The summed E-state index contributed by atoms with van der Waals surface area (Å²) in [6.45, 7) is 15.4. The maximum atomic E-state index is 6.44. The number of aromatic nitrogens is 4. The van der Waals surface area contributed by atoms with Crippen molar-refractivity contribution in [1.29, 1.82) is 0 Å². The van der Waals surface area contributed by atoms with Gasteiger partial charge in [0.05, 0.1) is 18.4 Å². The van der Waals surface area contributed by atoms with Crippen LogP contribution in [0.3, 0.4) is 0 Å². The fraction of sp³-hybridized carbons (Fsp3) is 0.256. The molecule has 0 spiro atoms. The van der Waals surface area contributed by atoms with Gasteiger partial charge in [-0.1, -0.05) is 70.0 Å². The summed E-state index contributed by atoms with van der Waals surface area (Å²) in [5, 5.41) is 7.16. The Morgan fingerprint density at radius 2 is 1.56 bits per heavy atom. The Morgan fingerprint density at radius 1 is 0.820 bits per heavy atom. The van der Waals surface area contributed by atoms with E-state index < -0.39 is 0 Å². The molecule has 0 aliphatic rings. The molecule has 0 bridgehead atoms. The first-order chi connectivity index (χ1) is 23.6. The number of benzene rings is 4. The third kappa shape index (κ3) is 6.37. The van der Waals surface area contributed by atoms with Gasteiger partial charge in [-0.25, -0.2) is 9.67 Å². The number of rotatable bonds is 8. The van der Waals surface area contributed by atoms with E-state index in [-0.39, 0.29) is 25.8 Å². The molecule has 4 aromatic carbocycles. The van der Waals surface area contributed by atoms with Crippen LogP contribution in [0.15, 0.2) is 85.1 Å². The minimum atomic E-state index is 0. The van der Waals surface area contributed by atoms with Crippen LogP contribution in [-0.4, -0.2) is 26.4 Å². The van der Waals surface area contributed by atoms with E-state index in [1.165, 1.54) is 22.3 Å². The molecule has 50 heavy (non-hydrogen) atoms. The molecule has 0 radical (unpaired) electrons. The quantitative estimate of drug-likeness (QED) is 0.115. The predicted molar refractivity (Wildman–Crippen MR) is 199 cm³/mol. The molecule has 7 rings (SSSR count). The molecule has 0 saturated heterocycles. The Bertz CT molecular complexity index is 2320. The minimum absolute atomic E-state index is 0. The summed E-state index contributed by atoms with van der Waals surface area (Å²) in [7, 11) is 1.69. The third-order valence-electron chi connectivity index (χ3n) is 9.12. The Kier molecular flexibility index (Phi) is 9.77.